The number of halogens is 1. The average molecular weight is 420 g/mol. The second-order valence-corrected chi connectivity index (χ2v) is 7.76. The zero-order valence-electron chi connectivity index (χ0n) is 15.9. The third-order valence-corrected chi connectivity index (χ3v) is 5.50. The molecule has 2 aromatic heterocycles. The van der Waals surface area contributed by atoms with Crippen molar-refractivity contribution in [3.05, 3.63) is 88.5 Å². The first-order valence-corrected chi connectivity index (χ1v) is 9.98. The minimum atomic E-state index is -0.244. The zero-order chi connectivity index (χ0) is 20.7. The Labute approximate surface area is 177 Å². The molecule has 0 spiro atoms. The van der Waals surface area contributed by atoms with E-state index < -0.39 is 0 Å². The lowest BCUT2D eigenvalue weighted by molar-refractivity contribution is -0.605. The lowest BCUT2D eigenvalue weighted by Crippen LogP contribution is -2.35. The van der Waals surface area contributed by atoms with Crippen molar-refractivity contribution in [2.24, 2.45) is 0 Å². The van der Waals surface area contributed by atoms with Gasteiger partial charge in [0.05, 0.1) is 12.1 Å². The van der Waals surface area contributed by atoms with Gasteiger partial charge in [-0.05, 0) is 41.3 Å². The number of carbonyl (C=O) groups is 1. The highest BCUT2D eigenvalue weighted by atomic mass is 35.5. The molecule has 0 unspecified atom stereocenters. The molecule has 0 bridgehead atoms. The number of fused-ring (bicyclic) bond motifs is 2. The van der Waals surface area contributed by atoms with E-state index in [0.29, 0.717) is 28.3 Å². The van der Waals surface area contributed by atoms with Crippen molar-refractivity contribution in [2.75, 3.05) is 6.54 Å². The maximum absolute atomic E-state index is 12.3. The Morgan fingerprint density at radius 1 is 1.20 bits per heavy atom. The van der Waals surface area contributed by atoms with E-state index in [4.69, 9.17) is 16.3 Å². The number of pyridine rings is 1. The molecule has 1 aliphatic heterocycles. The molecule has 30 heavy (non-hydrogen) atoms. The molecule has 1 atom stereocenters. The number of hydrogen-bond acceptors (Lipinski definition) is 3. The number of nitrogens with zero attached hydrogens (tertiary/aromatic N) is 1. The van der Waals surface area contributed by atoms with E-state index in [2.05, 4.69) is 16.4 Å². The summed E-state index contributed by atoms with van der Waals surface area (Å²) in [6.07, 6.45) is 4.98. The molecule has 0 saturated heterocycles. The normalized spacial score (nSPS) is 15.0. The van der Waals surface area contributed by atoms with Crippen LogP contribution in [0.4, 0.5) is 0 Å². The molecule has 7 heteroatoms. The Bertz CT molecular complexity index is 1250. The SMILES string of the molecule is O=C(NC[C@H]1Cc2cc(Cl)cc(-c3ccc4[nH]ccc4c3)c2O1)c1cc[n+]([O-])cc1. The van der Waals surface area contributed by atoms with Crippen molar-refractivity contribution in [3.63, 3.8) is 0 Å². The van der Waals surface area contributed by atoms with Gasteiger partial charge in [-0.25, -0.2) is 0 Å². The fourth-order valence-electron chi connectivity index (χ4n) is 3.82. The molecule has 0 radical (unpaired) electrons. The lowest BCUT2D eigenvalue weighted by atomic mass is 9.99. The first-order chi connectivity index (χ1) is 14.6. The van der Waals surface area contributed by atoms with Crippen molar-refractivity contribution in [3.8, 4) is 16.9 Å². The molecule has 4 aromatic rings. The Hall–Kier alpha value is -3.51. The molecule has 5 rings (SSSR count). The predicted molar refractivity (Wildman–Crippen MR) is 115 cm³/mol. The van der Waals surface area contributed by atoms with E-state index >= 15 is 0 Å². The molecule has 6 nitrogen and oxygen atoms in total. The van der Waals surface area contributed by atoms with E-state index in [1.165, 1.54) is 24.5 Å². The monoisotopic (exact) mass is 419 g/mol. The van der Waals surface area contributed by atoms with E-state index in [-0.39, 0.29) is 12.0 Å². The maximum atomic E-state index is 12.3. The molecule has 0 saturated carbocycles. The van der Waals surface area contributed by atoms with E-state index in [1.54, 1.807) is 0 Å². The van der Waals surface area contributed by atoms with Gasteiger partial charge < -0.3 is 20.2 Å². The Morgan fingerprint density at radius 2 is 2.03 bits per heavy atom. The van der Waals surface area contributed by atoms with Crippen molar-refractivity contribution in [2.45, 2.75) is 12.5 Å². The number of carbonyl (C=O) groups excluding carboxylic acids is 1. The highest BCUT2D eigenvalue weighted by Gasteiger charge is 2.27. The van der Waals surface area contributed by atoms with E-state index in [9.17, 15) is 10.0 Å². The third-order valence-electron chi connectivity index (χ3n) is 5.28. The molecule has 3 heterocycles. The Morgan fingerprint density at radius 3 is 2.87 bits per heavy atom. The second kappa shape index (κ2) is 7.39. The van der Waals surface area contributed by atoms with Gasteiger partial charge in [0.25, 0.3) is 5.91 Å². The van der Waals surface area contributed by atoms with Crippen LogP contribution in [-0.4, -0.2) is 23.5 Å². The summed E-state index contributed by atoms with van der Waals surface area (Å²) in [7, 11) is 0. The van der Waals surface area contributed by atoms with Crippen LogP contribution in [0, 0.1) is 5.21 Å². The summed E-state index contributed by atoms with van der Waals surface area (Å²) in [5.41, 5.74) is 4.50. The average Bonchev–Trinajstić information content (AvgIpc) is 3.37. The van der Waals surface area contributed by atoms with Gasteiger partial charge in [-0.3, -0.25) is 4.79 Å². The molecule has 2 aromatic carbocycles. The number of benzene rings is 2. The number of aromatic amines is 1. The highest BCUT2D eigenvalue weighted by molar-refractivity contribution is 6.31. The molecule has 1 aliphatic rings. The number of aromatic nitrogens is 2. The second-order valence-electron chi connectivity index (χ2n) is 7.32. The first kappa shape index (κ1) is 18.5. The van der Waals surface area contributed by atoms with Gasteiger partial charge in [0.2, 0.25) is 0 Å². The van der Waals surface area contributed by atoms with Crippen LogP contribution >= 0.6 is 11.6 Å². The zero-order valence-corrected chi connectivity index (χ0v) is 16.6. The van der Waals surface area contributed by atoms with Crippen LogP contribution in [-0.2, 0) is 6.42 Å². The van der Waals surface area contributed by atoms with Gasteiger partial charge >= 0.3 is 0 Å². The Kier molecular flexibility index (Phi) is 4.56. The maximum Gasteiger partial charge on any atom is 0.251 e. The van der Waals surface area contributed by atoms with Crippen molar-refractivity contribution < 1.29 is 14.3 Å². The van der Waals surface area contributed by atoms with Gasteiger partial charge in [0, 0.05) is 46.4 Å². The molecule has 1 amide bonds. The van der Waals surface area contributed by atoms with Crippen LogP contribution in [0.1, 0.15) is 15.9 Å². The summed E-state index contributed by atoms with van der Waals surface area (Å²) in [6, 6.07) is 15.0. The third kappa shape index (κ3) is 3.46. The first-order valence-electron chi connectivity index (χ1n) is 9.60. The van der Waals surface area contributed by atoms with Crippen molar-refractivity contribution in [1.29, 1.82) is 0 Å². The van der Waals surface area contributed by atoms with Crippen LogP contribution in [0.3, 0.4) is 0 Å². The molecule has 2 N–H and O–H groups in total. The fraction of sp³-hybridized carbons (Fsp3) is 0.130. The van der Waals surface area contributed by atoms with Crippen LogP contribution in [0.5, 0.6) is 5.75 Å². The summed E-state index contributed by atoms with van der Waals surface area (Å²) < 4.78 is 6.85. The molecular weight excluding hydrogens is 402 g/mol. The summed E-state index contributed by atoms with van der Waals surface area (Å²) in [4.78, 5) is 15.5. The van der Waals surface area contributed by atoms with Gasteiger partial charge in [0.1, 0.15) is 11.9 Å². The molecule has 150 valence electrons. The number of amides is 1. The summed E-state index contributed by atoms with van der Waals surface area (Å²) in [6.45, 7) is 0.355. The van der Waals surface area contributed by atoms with Crippen LogP contribution in [0.25, 0.3) is 22.0 Å². The minimum absolute atomic E-state index is 0.190. The quantitative estimate of drug-likeness (QED) is 0.389. The van der Waals surface area contributed by atoms with Crippen molar-refractivity contribution in [1.82, 2.24) is 10.3 Å². The van der Waals surface area contributed by atoms with E-state index in [1.807, 2.05) is 36.5 Å². The summed E-state index contributed by atoms with van der Waals surface area (Å²) in [5, 5.41) is 15.8. The number of hydrogen-bond donors (Lipinski definition) is 2. The van der Waals surface area contributed by atoms with Crippen molar-refractivity contribution >= 4 is 28.4 Å². The van der Waals surface area contributed by atoms with Gasteiger partial charge in [-0.2, -0.15) is 4.73 Å². The standard InChI is InChI=1S/C23H18ClN3O3/c24-18-10-17-11-19(13-26-23(28)14-4-7-27(29)8-5-14)30-22(17)20(12-18)15-1-2-21-16(9-15)3-6-25-21/h1-10,12,19,25H,11,13H2,(H,26,28)/t19-/m1/s1. The van der Waals surface area contributed by atoms with Crippen LogP contribution < -0.4 is 14.8 Å². The van der Waals surface area contributed by atoms with Gasteiger partial charge in [-0.15, -0.1) is 0 Å². The highest BCUT2D eigenvalue weighted by Crippen LogP contribution is 2.41. The van der Waals surface area contributed by atoms with Crippen LogP contribution in [0.2, 0.25) is 5.02 Å². The number of rotatable bonds is 4. The lowest BCUT2D eigenvalue weighted by Gasteiger charge is -2.14. The fourth-order valence-corrected chi connectivity index (χ4v) is 4.06. The number of H-pyrrole nitrogens is 1. The van der Waals surface area contributed by atoms with Crippen LogP contribution in [0.15, 0.2) is 67.1 Å². The number of nitrogens with one attached hydrogen (secondary N) is 2. The van der Waals surface area contributed by atoms with Gasteiger partial charge in [0.15, 0.2) is 12.4 Å². The smallest absolute Gasteiger partial charge is 0.251 e. The summed E-state index contributed by atoms with van der Waals surface area (Å²) in [5.74, 6) is 0.562. The predicted octanol–water partition coefficient (Wildman–Crippen LogP) is 3.86. The largest absolute Gasteiger partial charge is 0.619 e. The topological polar surface area (TPSA) is 81.1 Å². The Balaban J connectivity index is 1.35. The number of ether oxygens (including phenoxy) is 1. The molecule has 0 fully saturated rings. The summed E-state index contributed by atoms with van der Waals surface area (Å²) >= 11 is 6.38. The van der Waals surface area contributed by atoms with Gasteiger partial charge in [-0.1, -0.05) is 17.7 Å². The minimum Gasteiger partial charge on any atom is -0.619 e. The van der Waals surface area contributed by atoms with E-state index in [0.717, 1.165) is 33.3 Å². The molecular formula is C23H18ClN3O3. The molecule has 0 aliphatic carbocycles.